The first-order chi connectivity index (χ1) is 12.4. The predicted octanol–water partition coefficient (Wildman–Crippen LogP) is 3.40. The van der Waals surface area contributed by atoms with Crippen LogP contribution in [0, 0.1) is 20.2 Å². The van der Waals surface area contributed by atoms with E-state index >= 15 is 0 Å². The van der Waals surface area contributed by atoms with Gasteiger partial charge in [-0.1, -0.05) is 17.7 Å². The standard InChI is InChI=1S/C15H11ClN4O5S/c16-13-6-1-10(7-14(13)20(24)25)8-17-18-15(21)9-26-12-4-2-11(3-5-12)19(22)23/h1-8H,9H2,(H,18,21)/b17-8-. The molecule has 0 radical (unpaired) electrons. The number of hydrogen-bond donors (Lipinski definition) is 1. The van der Waals surface area contributed by atoms with Crippen molar-refractivity contribution in [3.63, 3.8) is 0 Å². The van der Waals surface area contributed by atoms with E-state index in [4.69, 9.17) is 11.6 Å². The molecule has 0 unspecified atom stereocenters. The van der Waals surface area contributed by atoms with Crippen molar-refractivity contribution in [3.05, 3.63) is 73.3 Å². The molecule has 0 aliphatic heterocycles. The van der Waals surface area contributed by atoms with Gasteiger partial charge in [0.15, 0.2) is 0 Å². The van der Waals surface area contributed by atoms with E-state index in [0.29, 0.717) is 10.5 Å². The second-order valence-electron chi connectivity index (χ2n) is 4.80. The molecule has 0 saturated heterocycles. The van der Waals surface area contributed by atoms with Gasteiger partial charge in [-0.15, -0.1) is 11.8 Å². The van der Waals surface area contributed by atoms with Gasteiger partial charge in [0, 0.05) is 28.7 Å². The van der Waals surface area contributed by atoms with Crippen molar-refractivity contribution in [2.45, 2.75) is 4.90 Å². The molecule has 2 rings (SSSR count). The topological polar surface area (TPSA) is 128 Å². The van der Waals surface area contributed by atoms with Gasteiger partial charge in [0.25, 0.3) is 11.4 Å². The van der Waals surface area contributed by atoms with E-state index in [1.54, 1.807) is 12.1 Å². The predicted molar refractivity (Wildman–Crippen MR) is 97.7 cm³/mol. The van der Waals surface area contributed by atoms with Crippen molar-refractivity contribution >= 4 is 46.9 Å². The van der Waals surface area contributed by atoms with Crippen LogP contribution in [0.15, 0.2) is 52.5 Å². The maximum absolute atomic E-state index is 11.7. The third-order valence-corrected chi connectivity index (χ3v) is 4.32. The van der Waals surface area contributed by atoms with Gasteiger partial charge >= 0.3 is 0 Å². The monoisotopic (exact) mass is 394 g/mol. The van der Waals surface area contributed by atoms with Crippen LogP contribution in [0.5, 0.6) is 0 Å². The van der Waals surface area contributed by atoms with Gasteiger partial charge < -0.3 is 0 Å². The molecule has 2 aromatic rings. The second kappa shape index (κ2) is 8.92. The number of hydrazone groups is 1. The number of non-ortho nitro benzene ring substituents is 1. The molecule has 0 spiro atoms. The van der Waals surface area contributed by atoms with Crippen LogP contribution >= 0.6 is 23.4 Å². The Hall–Kier alpha value is -2.98. The molecular weight excluding hydrogens is 384 g/mol. The van der Waals surface area contributed by atoms with E-state index in [1.165, 1.54) is 48.3 Å². The zero-order valence-corrected chi connectivity index (χ0v) is 14.6. The first-order valence-electron chi connectivity index (χ1n) is 7.00. The van der Waals surface area contributed by atoms with Gasteiger partial charge in [0.05, 0.1) is 21.8 Å². The van der Waals surface area contributed by atoms with Gasteiger partial charge in [-0.25, -0.2) is 5.43 Å². The Kier molecular flexibility index (Phi) is 6.64. The van der Waals surface area contributed by atoms with Crippen LogP contribution in [0.25, 0.3) is 0 Å². The lowest BCUT2D eigenvalue weighted by molar-refractivity contribution is -0.385. The third kappa shape index (κ3) is 5.53. The van der Waals surface area contributed by atoms with E-state index in [9.17, 15) is 25.0 Å². The quantitative estimate of drug-likeness (QED) is 0.331. The first kappa shape index (κ1) is 19.3. The highest BCUT2D eigenvalue weighted by Gasteiger charge is 2.12. The number of carbonyl (C=O) groups is 1. The molecule has 0 saturated carbocycles. The van der Waals surface area contributed by atoms with Crippen molar-refractivity contribution < 1.29 is 14.6 Å². The summed E-state index contributed by atoms with van der Waals surface area (Å²) >= 11 is 6.89. The van der Waals surface area contributed by atoms with Crippen LogP contribution in [0.3, 0.4) is 0 Å². The van der Waals surface area contributed by atoms with Crippen LogP contribution in [0.4, 0.5) is 11.4 Å². The van der Waals surface area contributed by atoms with Gasteiger partial charge in [-0.3, -0.25) is 25.0 Å². The third-order valence-electron chi connectivity index (χ3n) is 2.99. The Bertz CT molecular complexity index is 873. The Morgan fingerprint density at radius 2 is 1.85 bits per heavy atom. The molecule has 0 atom stereocenters. The molecule has 1 N–H and O–H groups in total. The van der Waals surface area contributed by atoms with Gasteiger partial charge in [-0.2, -0.15) is 5.10 Å². The number of amides is 1. The number of nitro benzene ring substituents is 2. The molecule has 11 heteroatoms. The smallest absolute Gasteiger partial charge is 0.272 e. The molecule has 134 valence electrons. The number of carbonyl (C=O) groups excluding carboxylic acids is 1. The fraction of sp³-hybridized carbons (Fsp3) is 0.0667. The van der Waals surface area contributed by atoms with E-state index < -0.39 is 15.8 Å². The molecule has 0 fully saturated rings. The van der Waals surface area contributed by atoms with E-state index in [0.717, 1.165) is 0 Å². The van der Waals surface area contributed by atoms with Crippen LogP contribution < -0.4 is 5.43 Å². The van der Waals surface area contributed by atoms with Crippen molar-refractivity contribution in [1.29, 1.82) is 0 Å². The molecule has 9 nitrogen and oxygen atoms in total. The Labute approximate surface area is 156 Å². The largest absolute Gasteiger partial charge is 0.288 e. The van der Waals surface area contributed by atoms with Gasteiger partial charge in [0.1, 0.15) is 5.02 Å². The summed E-state index contributed by atoms with van der Waals surface area (Å²) in [7, 11) is 0. The zero-order valence-electron chi connectivity index (χ0n) is 13.0. The number of nitro groups is 2. The molecule has 0 aromatic heterocycles. The molecule has 0 bridgehead atoms. The minimum absolute atomic E-state index is 0.00989. The zero-order chi connectivity index (χ0) is 19.1. The van der Waals surface area contributed by atoms with Crippen molar-refractivity contribution in [2.24, 2.45) is 5.10 Å². The van der Waals surface area contributed by atoms with E-state index in [2.05, 4.69) is 10.5 Å². The summed E-state index contributed by atoms with van der Waals surface area (Å²) in [4.78, 5) is 32.7. The summed E-state index contributed by atoms with van der Waals surface area (Å²) < 4.78 is 0. The molecule has 2 aromatic carbocycles. The minimum Gasteiger partial charge on any atom is -0.272 e. The Morgan fingerprint density at radius 1 is 1.15 bits per heavy atom. The number of hydrogen-bond acceptors (Lipinski definition) is 7. The fourth-order valence-corrected chi connectivity index (χ4v) is 2.65. The normalized spacial score (nSPS) is 10.7. The summed E-state index contributed by atoms with van der Waals surface area (Å²) in [5.74, 6) is -0.344. The van der Waals surface area contributed by atoms with Crippen molar-refractivity contribution in [1.82, 2.24) is 5.43 Å². The Balaban J connectivity index is 1.86. The number of rotatable bonds is 7. The number of benzene rings is 2. The molecule has 26 heavy (non-hydrogen) atoms. The molecule has 1 amide bonds. The summed E-state index contributed by atoms with van der Waals surface area (Å²) in [5, 5.41) is 25.1. The van der Waals surface area contributed by atoms with Crippen molar-refractivity contribution in [2.75, 3.05) is 5.75 Å². The molecule has 0 aliphatic rings. The maximum Gasteiger partial charge on any atom is 0.288 e. The summed E-state index contributed by atoms with van der Waals surface area (Å²) in [6, 6.07) is 9.93. The van der Waals surface area contributed by atoms with Crippen molar-refractivity contribution in [3.8, 4) is 0 Å². The lowest BCUT2D eigenvalue weighted by Gasteiger charge is -2.01. The van der Waals surface area contributed by atoms with Crippen LogP contribution in [-0.2, 0) is 4.79 Å². The number of nitrogens with one attached hydrogen (secondary N) is 1. The van der Waals surface area contributed by atoms with E-state index in [1.807, 2.05) is 0 Å². The summed E-state index contributed by atoms with van der Waals surface area (Å²) in [5.41, 5.74) is 2.42. The fourth-order valence-electron chi connectivity index (χ4n) is 1.77. The van der Waals surface area contributed by atoms with Crippen LogP contribution in [0.2, 0.25) is 5.02 Å². The maximum atomic E-state index is 11.7. The average molecular weight is 395 g/mol. The summed E-state index contributed by atoms with van der Waals surface area (Å²) in [6.45, 7) is 0. The van der Waals surface area contributed by atoms with Gasteiger partial charge in [-0.05, 0) is 18.2 Å². The van der Waals surface area contributed by atoms with Gasteiger partial charge in [0.2, 0.25) is 5.91 Å². The highest BCUT2D eigenvalue weighted by molar-refractivity contribution is 8.00. The minimum atomic E-state index is -0.612. The summed E-state index contributed by atoms with van der Waals surface area (Å²) in [6.07, 6.45) is 1.26. The van der Waals surface area contributed by atoms with E-state index in [-0.39, 0.29) is 22.2 Å². The molecule has 0 heterocycles. The lowest BCUT2D eigenvalue weighted by Crippen LogP contribution is -2.19. The second-order valence-corrected chi connectivity index (χ2v) is 6.26. The molecule has 0 aliphatic carbocycles. The first-order valence-corrected chi connectivity index (χ1v) is 8.36. The Morgan fingerprint density at radius 3 is 2.46 bits per heavy atom. The highest BCUT2D eigenvalue weighted by Crippen LogP contribution is 2.24. The number of thioether (sulfide) groups is 1. The number of halogens is 1. The highest BCUT2D eigenvalue weighted by atomic mass is 35.5. The average Bonchev–Trinajstić information content (AvgIpc) is 2.61. The van der Waals surface area contributed by atoms with Crippen LogP contribution in [0.1, 0.15) is 5.56 Å². The van der Waals surface area contributed by atoms with Crippen LogP contribution in [-0.4, -0.2) is 27.7 Å². The lowest BCUT2D eigenvalue weighted by atomic mass is 10.2. The number of nitrogens with zero attached hydrogens (tertiary/aromatic N) is 3. The molecular formula is C15H11ClN4O5S. The SMILES string of the molecule is O=C(CSc1ccc([N+](=O)[O-])cc1)N/N=C\c1ccc(Cl)c([N+](=O)[O-])c1.